The fourth-order valence-corrected chi connectivity index (χ4v) is 3.70. The van der Waals surface area contributed by atoms with E-state index < -0.39 is 0 Å². The number of carbonyl (C=O) groups is 1. The average molecular weight is 400 g/mol. The molecule has 2 heterocycles. The third-order valence-corrected chi connectivity index (χ3v) is 5.21. The highest BCUT2D eigenvalue weighted by Crippen LogP contribution is 2.33. The van der Waals surface area contributed by atoms with Crippen LogP contribution in [0.1, 0.15) is 25.0 Å². The summed E-state index contributed by atoms with van der Waals surface area (Å²) in [7, 11) is 0. The lowest BCUT2D eigenvalue weighted by Gasteiger charge is -2.32. The van der Waals surface area contributed by atoms with Crippen molar-refractivity contribution in [2.24, 2.45) is 5.92 Å². The Hall–Kier alpha value is -3.56. The number of rotatable bonds is 6. The molecule has 0 radical (unpaired) electrons. The first kappa shape index (κ1) is 19.7. The molecule has 0 aliphatic carbocycles. The van der Waals surface area contributed by atoms with E-state index in [1.807, 2.05) is 56.3 Å². The van der Waals surface area contributed by atoms with Crippen molar-refractivity contribution in [3.63, 3.8) is 0 Å². The number of ether oxygens (including phenoxy) is 1. The van der Waals surface area contributed by atoms with Crippen molar-refractivity contribution in [2.45, 2.75) is 20.3 Å². The Bertz CT molecular complexity index is 1060. The Kier molecular flexibility index (Phi) is 5.55. The van der Waals surface area contributed by atoms with Gasteiger partial charge in [-0.2, -0.15) is 5.26 Å². The molecule has 0 aromatic heterocycles. The largest absolute Gasteiger partial charge is 0.493 e. The monoisotopic (exact) mass is 400 g/mol. The summed E-state index contributed by atoms with van der Waals surface area (Å²) in [5.41, 5.74) is 6.99. The normalized spacial score (nSPS) is 15.9. The summed E-state index contributed by atoms with van der Waals surface area (Å²) in [5.74, 6) is 1.14. The number of nitrogens with one attached hydrogen (secondary N) is 2. The van der Waals surface area contributed by atoms with E-state index in [1.165, 1.54) is 10.6 Å². The number of fused-ring (bicyclic) bond motifs is 1. The smallest absolute Gasteiger partial charge is 0.272 e. The van der Waals surface area contributed by atoms with Gasteiger partial charge < -0.3 is 10.1 Å². The van der Waals surface area contributed by atoms with E-state index in [1.54, 1.807) is 0 Å². The number of nitriles is 1. The van der Waals surface area contributed by atoms with Crippen molar-refractivity contribution in [3.8, 4) is 11.8 Å². The topological polar surface area (TPSA) is 77.4 Å². The first-order valence-corrected chi connectivity index (χ1v) is 10.1. The Morgan fingerprint density at radius 3 is 2.70 bits per heavy atom. The summed E-state index contributed by atoms with van der Waals surface area (Å²) in [6.45, 7) is 4.89. The lowest BCUT2D eigenvalue weighted by Crippen LogP contribution is -2.47. The standard InChI is InChI=1S/C24H24N4O2/c1-16(2)21-22(27-23-19(14-25)15-26-28(23)24(21)29)18-9-6-10-20(13-18)30-12-11-17-7-4-3-5-8-17/h3-10,13,16,26-27H,11-12,15H2,1-2H3. The molecule has 0 fully saturated rings. The summed E-state index contributed by atoms with van der Waals surface area (Å²) in [4.78, 5) is 13.1. The van der Waals surface area contributed by atoms with Crippen molar-refractivity contribution < 1.29 is 9.53 Å². The van der Waals surface area contributed by atoms with Gasteiger partial charge in [-0.1, -0.05) is 56.3 Å². The molecule has 0 saturated carbocycles. The van der Waals surface area contributed by atoms with Crippen LogP contribution in [0, 0.1) is 17.2 Å². The van der Waals surface area contributed by atoms with Gasteiger partial charge in [0.15, 0.2) is 0 Å². The number of benzene rings is 2. The van der Waals surface area contributed by atoms with Crippen LogP contribution in [0.4, 0.5) is 0 Å². The van der Waals surface area contributed by atoms with Gasteiger partial charge in [0.25, 0.3) is 5.91 Å². The van der Waals surface area contributed by atoms with Crippen molar-refractivity contribution in [1.29, 1.82) is 5.26 Å². The second-order valence-electron chi connectivity index (χ2n) is 7.59. The highest BCUT2D eigenvalue weighted by molar-refractivity contribution is 6.04. The van der Waals surface area contributed by atoms with Gasteiger partial charge in [-0.15, -0.1) is 0 Å². The first-order chi connectivity index (χ1) is 14.6. The molecule has 2 N–H and O–H groups in total. The van der Waals surface area contributed by atoms with Crippen molar-refractivity contribution in [1.82, 2.24) is 15.8 Å². The maximum Gasteiger partial charge on any atom is 0.272 e. The molecule has 6 nitrogen and oxygen atoms in total. The van der Waals surface area contributed by atoms with Gasteiger partial charge in [-0.25, -0.2) is 10.4 Å². The minimum absolute atomic E-state index is 0.0112. The van der Waals surface area contributed by atoms with Crippen LogP contribution in [0.25, 0.3) is 5.70 Å². The van der Waals surface area contributed by atoms with E-state index in [4.69, 9.17) is 4.74 Å². The number of nitrogens with zero attached hydrogens (tertiary/aromatic N) is 2. The molecule has 2 aromatic rings. The zero-order valence-corrected chi connectivity index (χ0v) is 17.1. The van der Waals surface area contributed by atoms with Crippen molar-refractivity contribution in [2.75, 3.05) is 13.2 Å². The molecule has 0 bridgehead atoms. The Morgan fingerprint density at radius 2 is 1.97 bits per heavy atom. The quantitative estimate of drug-likeness (QED) is 0.778. The van der Waals surface area contributed by atoms with Crippen LogP contribution < -0.4 is 15.5 Å². The number of hydrazine groups is 1. The van der Waals surface area contributed by atoms with E-state index in [2.05, 4.69) is 28.9 Å². The third-order valence-electron chi connectivity index (χ3n) is 5.21. The number of carbonyl (C=O) groups excluding carboxylic acids is 1. The van der Waals surface area contributed by atoms with Crippen molar-refractivity contribution in [3.05, 3.63) is 82.7 Å². The van der Waals surface area contributed by atoms with E-state index in [9.17, 15) is 10.1 Å². The predicted molar refractivity (Wildman–Crippen MR) is 114 cm³/mol. The van der Waals surface area contributed by atoms with Gasteiger partial charge in [-0.05, 0) is 23.6 Å². The fourth-order valence-electron chi connectivity index (χ4n) is 3.70. The SMILES string of the molecule is CC(C)C1=C(c2cccc(OCCc3ccccc3)c2)NC2=C(C#N)CNN2C1=O. The molecule has 0 saturated heterocycles. The third kappa shape index (κ3) is 3.80. The summed E-state index contributed by atoms with van der Waals surface area (Å²) in [6.07, 6.45) is 0.820. The summed E-state index contributed by atoms with van der Waals surface area (Å²) in [6, 6.07) is 20.1. The maximum absolute atomic E-state index is 13.1. The second kappa shape index (κ2) is 8.44. The molecule has 0 unspecified atom stereocenters. The van der Waals surface area contributed by atoms with Gasteiger partial charge in [0.05, 0.1) is 30.5 Å². The molecule has 152 valence electrons. The highest BCUT2D eigenvalue weighted by atomic mass is 16.5. The molecule has 6 heteroatoms. The van der Waals surface area contributed by atoms with E-state index in [0.717, 1.165) is 23.4 Å². The molecule has 0 spiro atoms. The minimum atomic E-state index is -0.130. The van der Waals surface area contributed by atoms with Crippen LogP contribution >= 0.6 is 0 Å². The molecule has 30 heavy (non-hydrogen) atoms. The van der Waals surface area contributed by atoms with Gasteiger partial charge in [-0.3, -0.25) is 4.79 Å². The van der Waals surface area contributed by atoms with Gasteiger partial charge in [0.1, 0.15) is 11.6 Å². The zero-order valence-electron chi connectivity index (χ0n) is 17.1. The number of amides is 1. The lowest BCUT2D eigenvalue weighted by molar-refractivity contribution is -0.128. The summed E-state index contributed by atoms with van der Waals surface area (Å²) in [5, 5.41) is 14.2. The fraction of sp³-hybridized carbons (Fsp3) is 0.250. The molecule has 2 aliphatic rings. The first-order valence-electron chi connectivity index (χ1n) is 10.1. The molecule has 2 aliphatic heterocycles. The molecule has 4 rings (SSSR count). The van der Waals surface area contributed by atoms with Crippen LogP contribution in [-0.4, -0.2) is 24.1 Å². The molecule has 1 amide bonds. The predicted octanol–water partition coefficient (Wildman–Crippen LogP) is 3.36. The van der Waals surface area contributed by atoms with Crippen LogP contribution in [0.3, 0.4) is 0 Å². The van der Waals surface area contributed by atoms with Crippen molar-refractivity contribution >= 4 is 11.6 Å². The van der Waals surface area contributed by atoms with E-state index >= 15 is 0 Å². The summed E-state index contributed by atoms with van der Waals surface area (Å²) < 4.78 is 5.97. The van der Waals surface area contributed by atoms with Gasteiger partial charge in [0, 0.05) is 17.6 Å². The Labute approximate surface area is 176 Å². The van der Waals surface area contributed by atoms with Gasteiger partial charge in [0.2, 0.25) is 0 Å². The van der Waals surface area contributed by atoms with Crippen LogP contribution in [-0.2, 0) is 11.2 Å². The maximum atomic E-state index is 13.1. The number of hydrogen-bond donors (Lipinski definition) is 2. The Balaban J connectivity index is 1.60. The van der Waals surface area contributed by atoms with E-state index in [-0.39, 0.29) is 11.8 Å². The molecular weight excluding hydrogens is 376 g/mol. The second-order valence-corrected chi connectivity index (χ2v) is 7.59. The molecule has 0 atom stereocenters. The lowest BCUT2D eigenvalue weighted by atomic mass is 9.94. The average Bonchev–Trinajstić information content (AvgIpc) is 3.18. The summed E-state index contributed by atoms with van der Waals surface area (Å²) >= 11 is 0. The zero-order chi connectivity index (χ0) is 21.1. The van der Waals surface area contributed by atoms with Crippen LogP contribution in [0.2, 0.25) is 0 Å². The van der Waals surface area contributed by atoms with Crippen LogP contribution in [0.5, 0.6) is 5.75 Å². The van der Waals surface area contributed by atoms with Crippen LogP contribution in [0.15, 0.2) is 71.6 Å². The highest BCUT2D eigenvalue weighted by Gasteiger charge is 2.37. The minimum Gasteiger partial charge on any atom is -0.493 e. The number of hydrogen-bond acceptors (Lipinski definition) is 5. The van der Waals surface area contributed by atoms with Gasteiger partial charge >= 0.3 is 0 Å². The Morgan fingerprint density at radius 1 is 1.17 bits per heavy atom. The molecular formula is C24H24N4O2. The molecule has 2 aromatic carbocycles. The van der Waals surface area contributed by atoms with E-state index in [0.29, 0.717) is 30.1 Å².